The standard InChI is InChI=1S/C19H19FN4O3S2/c1-9-14(17(26)27-4)10(2)21-15(9)16(25)11(3)28-19-24-23-18(29-19)22-13-8-6-5-7-12(13)20/h5-8,11,21H,1-4H3,(H,22,23). The molecule has 0 saturated carbocycles. The van der Waals surface area contributed by atoms with Crippen molar-refractivity contribution >= 4 is 45.7 Å². The highest BCUT2D eigenvalue weighted by molar-refractivity contribution is 8.02. The smallest absolute Gasteiger partial charge is 0.339 e. The Bertz CT molecular complexity index is 1060. The molecule has 0 spiro atoms. The number of hydrogen-bond donors (Lipinski definition) is 2. The quantitative estimate of drug-likeness (QED) is 0.321. The molecule has 1 atom stereocenters. The molecule has 1 unspecified atom stereocenters. The maximum atomic E-state index is 13.7. The van der Waals surface area contributed by atoms with E-state index in [1.807, 2.05) is 0 Å². The van der Waals surface area contributed by atoms with Crippen molar-refractivity contribution in [2.45, 2.75) is 30.4 Å². The number of aryl methyl sites for hydroxylation is 1. The molecular weight excluding hydrogens is 415 g/mol. The van der Waals surface area contributed by atoms with Crippen molar-refractivity contribution in [1.29, 1.82) is 0 Å². The first-order chi connectivity index (χ1) is 13.8. The topological polar surface area (TPSA) is 97.0 Å². The number of benzene rings is 1. The van der Waals surface area contributed by atoms with Crippen LogP contribution < -0.4 is 5.32 Å². The minimum Gasteiger partial charge on any atom is -0.465 e. The SMILES string of the molecule is COC(=O)c1c(C)[nH]c(C(=O)C(C)Sc2nnc(Nc3ccccc3F)s2)c1C. The highest BCUT2D eigenvalue weighted by Crippen LogP contribution is 2.33. The Morgan fingerprint density at radius 1 is 1.28 bits per heavy atom. The Kier molecular flexibility index (Phi) is 6.33. The number of methoxy groups -OCH3 is 1. The molecule has 1 aromatic carbocycles. The summed E-state index contributed by atoms with van der Waals surface area (Å²) >= 11 is 2.47. The number of thioether (sulfide) groups is 1. The molecule has 2 heterocycles. The van der Waals surface area contributed by atoms with E-state index in [0.29, 0.717) is 37.7 Å². The molecule has 29 heavy (non-hydrogen) atoms. The van der Waals surface area contributed by atoms with Gasteiger partial charge in [0, 0.05) is 5.69 Å². The van der Waals surface area contributed by atoms with E-state index in [-0.39, 0.29) is 11.6 Å². The molecule has 152 valence electrons. The van der Waals surface area contributed by atoms with E-state index >= 15 is 0 Å². The molecule has 2 aromatic heterocycles. The second-order valence-electron chi connectivity index (χ2n) is 6.22. The van der Waals surface area contributed by atoms with Crippen LogP contribution in [0.15, 0.2) is 28.6 Å². The third-order valence-corrected chi connectivity index (χ3v) is 6.27. The van der Waals surface area contributed by atoms with E-state index in [1.54, 1.807) is 39.0 Å². The Morgan fingerprint density at radius 2 is 2.00 bits per heavy atom. The number of para-hydroxylation sites is 1. The fourth-order valence-electron chi connectivity index (χ4n) is 2.80. The number of hydrogen-bond acceptors (Lipinski definition) is 8. The number of H-pyrrole nitrogens is 1. The molecule has 0 bridgehead atoms. The number of aromatic amines is 1. The number of halogens is 1. The van der Waals surface area contributed by atoms with E-state index in [4.69, 9.17) is 4.74 Å². The van der Waals surface area contributed by atoms with Gasteiger partial charge in [-0.2, -0.15) is 0 Å². The van der Waals surface area contributed by atoms with Gasteiger partial charge in [0.15, 0.2) is 10.1 Å². The second-order valence-corrected chi connectivity index (χ2v) is 8.78. The zero-order valence-corrected chi connectivity index (χ0v) is 17.8. The number of ether oxygens (including phenoxy) is 1. The van der Waals surface area contributed by atoms with Gasteiger partial charge in [-0.15, -0.1) is 10.2 Å². The number of rotatable bonds is 7. The second kappa shape index (κ2) is 8.75. The van der Waals surface area contributed by atoms with Crippen LogP contribution >= 0.6 is 23.1 Å². The molecule has 3 aromatic rings. The third-order valence-electron chi connectivity index (χ3n) is 4.24. The Morgan fingerprint density at radius 3 is 2.69 bits per heavy atom. The molecule has 0 saturated heterocycles. The molecule has 2 N–H and O–H groups in total. The molecule has 0 amide bonds. The summed E-state index contributed by atoms with van der Waals surface area (Å²) in [6, 6.07) is 6.27. The summed E-state index contributed by atoms with van der Waals surface area (Å²) in [5.74, 6) is -1.03. The van der Waals surface area contributed by atoms with E-state index in [1.165, 1.54) is 36.3 Å². The fraction of sp³-hybridized carbons (Fsp3) is 0.263. The lowest BCUT2D eigenvalue weighted by molar-refractivity contribution is 0.0599. The molecule has 0 fully saturated rings. The van der Waals surface area contributed by atoms with Crippen LogP contribution in [0.4, 0.5) is 15.2 Å². The van der Waals surface area contributed by atoms with E-state index in [2.05, 4.69) is 20.5 Å². The van der Waals surface area contributed by atoms with E-state index in [9.17, 15) is 14.0 Å². The summed E-state index contributed by atoms with van der Waals surface area (Å²) in [6.07, 6.45) is 0. The number of ketones is 1. The monoisotopic (exact) mass is 434 g/mol. The Hall–Kier alpha value is -2.72. The van der Waals surface area contributed by atoms with Crippen LogP contribution in [0.25, 0.3) is 0 Å². The summed E-state index contributed by atoms with van der Waals surface area (Å²) in [5, 5.41) is 10.9. The maximum absolute atomic E-state index is 13.7. The van der Waals surface area contributed by atoms with Crippen LogP contribution in [-0.2, 0) is 4.74 Å². The zero-order valence-electron chi connectivity index (χ0n) is 16.2. The summed E-state index contributed by atoms with van der Waals surface area (Å²) in [4.78, 5) is 27.8. The van der Waals surface area contributed by atoms with Crippen molar-refractivity contribution in [3.05, 3.63) is 52.6 Å². The molecule has 0 radical (unpaired) electrons. The average Bonchev–Trinajstić information content (AvgIpc) is 3.25. The third kappa shape index (κ3) is 4.48. The molecule has 0 aliphatic heterocycles. The minimum atomic E-state index is -0.483. The van der Waals surface area contributed by atoms with Crippen LogP contribution in [0.2, 0.25) is 0 Å². The number of aromatic nitrogens is 3. The number of carbonyl (C=O) groups excluding carboxylic acids is 2. The molecule has 0 aliphatic carbocycles. The van der Waals surface area contributed by atoms with Crippen molar-refractivity contribution in [1.82, 2.24) is 15.2 Å². The van der Waals surface area contributed by atoms with Gasteiger partial charge in [-0.25, -0.2) is 9.18 Å². The van der Waals surface area contributed by atoms with Gasteiger partial charge in [-0.05, 0) is 38.5 Å². The predicted octanol–water partition coefficient (Wildman–Crippen LogP) is 4.52. The van der Waals surface area contributed by atoms with Crippen molar-refractivity contribution in [2.75, 3.05) is 12.4 Å². The van der Waals surface area contributed by atoms with Gasteiger partial charge in [-0.1, -0.05) is 35.2 Å². The van der Waals surface area contributed by atoms with Gasteiger partial charge in [0.05, 0.1) is 29.3 Å². The zero-order chi connectivity index (χ0) is 21.1. The van der Waals surface area contributed by atoms with Crippen LogP contribution in [0.1, 0.15) is 39.0 Å². The van der Waals surface area contributed by atoms with Crippen LogP contribution in [-0.4, -0.2) is 39.3 Å². The fourth-order valence-corrected chi connectivity index (χ4v) is 4.77. The van der Waals surface area contributed by atoms with Crippen molar-refractivity contribution in [3.63, 3.8) is 0 Å². The van der Waals surface area contributed by atoms with Crippen molar-refractivity contribution in [3.8, 4) is 0 Å². The van der Waals surface area contributed by atoms with Gasteiger partial charge in [0.1, 0.15) is 5.82 Å². The molecule has 0 aliphatic rings. The number of anilines is 2. The molecule has 3 rings (SSSR count). The van der Waals surface area contributed by atoms with Crippen molar-refractivity contribution < 1.29 is 18.7 Å². The number of nitrogens with one attached hydrogen (secondary N) is 2. The highest BCUT2D eigenvalue weighted by Gasteiger charge is 2.26. The number of Topliss-reactive ketones (excluding diaryl/α,β-unsaturated/α-hetero) is 1. The largest absolute Gasteiger partial charge is 0.465 e. The first kappa shape index (κ1) is 21.0. The van der Waals surface area contributed by atoms with E-state index < -0.39 is 11.2 Å². The summed E-state index contributed by atoms with van der Waals surface area (Å²) in [7, 11) is 1.30. The molecule has 7 nitrogen and oxygen atoms in total. The van der Waals surface area contributed by atoms with Crippen LogP contribution in [0.3, 0.4) is 0 Å². The average molecular weight is 435 g/mol. The predicted molar refractivity (Wildman–Crippen MR) is 111 cm³/mol. The van der Waals surface area contributed by atoms with E-state index in [0.717, 1.165) is 0 Å². The van der Waals surface area contributed by atoms with Gasteiger partial charge in [0.2, 0.25) is 5.13 Å². The lowest BCUT2D eigenvalue weighted by Gasteiger charge is -2.07. The summed E-state index contributed by atoms with van der Waals surface area (Å²) < 4.78 is 19.1. The number of carbonyl (C=O) groups is 2. The maximum Gasteiger partial charge on any atom is 0.339 e. The van der Waals surface area contributed by atoms with Gasteiger partial charge in [-0.3, -0.25) is 4.79 Å². The normalized spacial score (nSPS) is 11.9. The number of esters is 1. The lowest BCUT2D eigenvalue weighted by Crippen LogP contribution is -2.15. The Labute approximate surface area is 175 Å². The van der Waals surface area contributed by atoms with Gasteiger partial charge in [0.25, 0.3) is 0 Å². The van der Waals surface area contributed by atoms with Gasteiger partial charge < -0.3 is 15.0 Å². The molecular formula is C19H19FN4O3S2. The summed E-state index contributed by atoms with van der Waals surface area (Å²) in [5.41, 5.74) is 2.20. The van der Waals surface area contributed by atoms with Gasteiger partial charge >= 0.3 is 5.97 Å². The van der Waals surface area contributed by atoms with Crippen LogP contribution in [0.5, 0.6) is 0 Å². The lowest BCUT2D eigenvalue weighted by atomic mass is 10.1. The number of nitrogens with zero attached hydrogens (tertiary/aromatic N) is 2. The Balaban J connectivity index is 1.72. The van der Waals surface area contributed by atoms with Crippen molar-refractivity contribution in [2.24, 2.45) is 0 Å². The molecule has 10 heteroatoms. The van der Waals surface area contributed by atoms with Crippen LogP contribution in [0, 0.1) is 19.7 Å². The summed E-state index contributed by atoms with van der Waals surface area (Å²) in [6.45, 7) is 5.19. The highest BCUT2D eigenvalue weighted by atomic mass is 32.2. The first-order valence-corrected chi connectivity index (χ1v) is 10.3. The first-order valence-electron chi connectivity index (χ1n) is 8.65. The minimum absolute atomic E-state index is 0.162.